The van der Waals surface area contributed by atoms with Crippen molar-refractivity contribution in [2.75, 3.05) is 26.3 Å². The Hall–Kier alpha value is -3.05. The van der Waals surface area contributed by atoms with Crippen LogP contribution < -0.4 is 0 Å². The normalized spacial score (nSPS) is 18.7. The van der Waals surface area contributed by atoms with Gasteiger partial charge in [0.25, 0.3) is 0 Å². The fourth-order valence-corrected chi connectivity index (χ4v) is 3.87. The van der Waals surface area contributed by atoms with Gasteiger partial charge in [-0.1, -0.05) is 24.3 Å². The number of rotatable bonds is 6. The number of aromatic nitrogens is 1. The lowest BCUT2D eigenvalue weighted by Gasteiger charge is -2.50. The SMILES string of the molecule is O=C(Cc1ccccc1F)N1CC2(C1)OCCC2COCc1cccnc1.O=C(O)C(F)(F)F. The molecule has 1 aromatic carbocycles. The second-order valence-corrected chi connectivity index (χ2v) is 8.10. The molecular weight excluding hydrogens is 460 g/mol. The molecule has 1 N–H and O–H groups in total. The Balaban J connectivity index is 0.000000406. The number of aliphatic carboxylic acids is 1. The summed E-state index contributed by atoms with van der Waals surface area (Å²) < 4.78 is 57.3. The summed E-state index contributed by atoms with van der Waals surface area (Å²) in [6.07, 6.45) is -0.523. The van der Waals surface area contributed by atoms with Crippen molar-refractivity contribution >= 4 is 11.9 Å². The van der Waals surface area contributed by atoms with E-state index in [4.69, 9.17) is 19.4 Å². The number of ether oxygens (including phenoxy) is 2. The van der Waals surface area contributed by atoms with Gasteiger partial charge in [0.1, 0.15) is 11.4 Å². The smallest absolute Gasteiger partial charge is 0.475 e. The van der Waals surface area contributed by atoms with E-state index >= 15 is 0 Å². The number of likely N-dealkylation sites (tertiary alicyclic amines) is 1. The summed E-state index contributed by atoms with van der Waals surface area (Å²) in [5.74, 6) is -2.88. The van der Waals surface area contributed by atoms with Gasteiger partial charge in [0.05, 0.1) is 32.7 Å². The average Bonchev–Trinajstić information content (AvgIpc) is 3.19. The van der Waals surface area contributed by atoms with Crippen molar-refractivity contribution in [3.63, 3.8) is 0 Å². The van der Waals surface area contributed by atoms with Gasteiger partial charge in [0.15, 0.2) is 0 Å². The number of pyridine rings is 1. The van der Waals surface area contributed by atoms with Crippen molar-refractivity contribution in [2.24, 2.45) is 5.92 Å². The number of halogens is 4. The molecule has 34 heavy (non-hydrogen) atoms. The van der Waals surface area contributed by atoms with Gasteiger partial charge in [0, 0.05) is 24.9 Å². The number of carbonyl (C=O) groups excluding carboxylic acids is 1. The first-order valence-corrected chi connectivity index (χ1v) is 10.5. The number of hydrogen-bond acceptors (Lipinski definition) is 5. The minimum atomic E-state index is -5.08. The summed E-state index contributed by atoms with van der Waals surface area (Å²) in [5, 5.41) is 7.12. The predicted molar refractivity (Wildman–Crippen MR) is 111 cm³/mol. The highest BCUT2D eigenvalue weighted by molar-refractivity contribution is 5.80. The molecule has 2 fully saturated rings. The standard InChI is InChI=1S/C21H23FN2O3.C2HF3O2/c22-19-6-2-1-5-17(19)10-20(25)24-14-21(15-24)18(7-9-27-21)13-26-12-16-4-3-8-23-11-16;3-2(4,5)1(6)7/h1-6,8,11,18H,7,9-10,12-15H2;(H,6,7). The quantitative estimate of drug-likeness (QED) is 0.634. The molecule has 0 saturated carbocycles. The van der Waals surface area contributed by atoms with Gasteiger partial charge >= 0.3 is 12.1 Å². The number of carboxylic acids is 1. The number of alkyl halides is 3. The van der Waals surface area contributed by atoms with E-state index in [1.165, 1.54) is 6.07 Å². The van der Waals surface area contributed by atoms with Gasteiger partial charge in [-0.25, -0.2) is 9.18 Å². The van der Waals surface area contributed by atoms with E-state index in [0.29, 0.717) is 38.5 Å². The summed E-state index contributed by atoms with van der Waals surface area (Å²) in [6.45, 7) is 2.93. The van der Waals surface area contributed by atoms with E-state index in [1.807, 2.05) is 12.1 Å². The molecule has 184 valence electrons. The van der Waals surface area contributed by atoms with Gasteiger partial charge in [-0.05, 0) is 29.7 Å². The second-order valence-electron chi connectivity index (χ2n) is 8.10. The number of amides is 1. The third kappa shape index (κ3) is 6.51. The van der Waals surface area contributed by atoms with Crippen LogP contribution >= 0.6 is 0 Å². The van der Waals surface area contributed by atoms with Crippen molar-refractivity contribution in [3.8, 4) is 0 Å². The van der Waals surface area contributed by atoms with E-state index in [-0.39, 0.29) is 29.7 Å². The highest BCUT2D eigenvalue weighted by Gasteiger charge is 2.54. The molecule has 0 bridgehead atoms. The van der Waals surface area contributed by atoms with Crippen molar-refractivity contribution in [1.82, 2.24) is 9.88 Å². The van der Waals surface area contributed by atoms with Crippen LogP contribution in [0.5, 0.6) is 0 Å². The minimum Gasteiger partial charge on any atom is -0.475 e. The maximum absolute atomic E-state index is 13.8. The number of hydrogen-bond donors (Lipinski definition) is 1. The molecule has 2 aliphatic heterocycles. The number of benzene rings is 1. The molecule has 1 amide bonds. The lowest BCUT2D eigenvalue weighted by Crippen LogP contribution is -2.66. The van der Waals surface area contributed by atoms with Crippen LogP contribution in [0.15, 0.2) is 48.8 Å². The molecule has 2 aromatic rings. The highest BCUT2D eigenvalue weighted by atomic mass is 19.4. The van der Waals surface area contributed by atoms with Crippen LogP contribution in [-0.2, 0) is 32.1 Å². The number of carboxylic acid groups (broad SMARTS) is 1. The topological polar surface area (TPSA) is 89.0 Å². The Bertz CT molecular complexity index is 981. The molecule has 1 aromatic heterocycles. The van der Waals surface area contributed by atoms with Gasteiger partial charge in [-0.2, -0.15) is 13.2 Å². The zero-order valence-electron chi connectivity index (χ0n) is 18.1. The van der Waals surface area contributed by atoms with Crippen LogP contribution in [0.1, 0.15) is 17.5 Å². The summed E-state index contributed by atoms with van der Waals surface area (Å²) in [6, 6.07) is 10.3. The highest BCUT2D eigenvalue weighted by Crippen LogP contribution is 2.40. The zero-order valence-corrected chi connectivity index (χ0v) is 18.1. The van der Waals surface area contributed by atoms with Crippen LogP contribution in [0.4, 0.5) is 17.6 Å². The monoisotopic (exact) mass is 484 g/mol. The first-order valence-electron chi connectivity index (χ1n) is 10.5. The lowest BCUT2D eigenvalue weighted by atomic mass is 9.81. The lowest BCUT2D eigenvalue weighted by molar-refractivity contribution is -0.192. The van der Waals surface area contributed by atoms with Gasteiger partial charge in [-0.3, -0.25) is 9.78 Å². The van der Waals surface area contributed by atoms with Crippen LogP contribution in [0, 0.1) is 11.7 Å². The Labute approximate surface area is 193 Å². The second kappa shape index (κ2) is 10.9. The molecule has 4 rings (SSSR count). The maximum atomic E-state index is 13.8. The molecular formula is C23H24F4N2O5. The van der Waals surface area contributed by atoms with E-state index in [0.717, 1.165) is 12.0 Å². The molecule has 3 heterocycles. The summed E-state index contributed by atoms with van der Waals surface area (Å²) in [7, 11) is 0. The first kappa shape index (κ1) is 25.6. The number of carbonyl (C=O) groups is 2. The molecule has 2 aliphatic rings. The van der Waals surface area contributed by atoms with Gasteiger partial charge in [0.2, 0.25) is 5.91 Å². The molecule has 1 spiro atoms. The first-order chi connectivity index (χ1) is 16.1. The maximum Gasteiger partial charge on any atom is 0.490 e. The van der Waals surface area contributed by atoms with Crippen LogP contribution in [-0.4, -0.2) is 64.9 Å². The Morgan fingerprint density at radius 2 is 1.91 bits per heavy atom. The fourth-order valence-electron chi connectivity index (χ4n) is 3.87. The third-order valence-corrected chi connectivity index (χ3v) is 5.72. The Morgan fingerprint density at radius 3 is 2.53 bits per heavy atom. The van der Waals surface area contributed by atoms with E-state index in [9.17, 15) is 22.4 Å². The predicted octanol–water partition coefficient (Wildman–Crippen LogP) is 3.23. The van der Waals surface area contributed by atoms with Crippen molar-refractivity contribution in [3.05, 3.63) is 65.7 Å². The molecule has 0 radical (unpaired) electrons. The molecule has 0 aliphatic carbocycles. The van der Waals surface area contributed by atoms with Crippen LogP contribution in [0.25, 0.3) is 0 Å². The molecule has 2 saturated heterocycles. The van der Waals surface area contributed by atoms with Crippen molar-refractivity contribution in [2.45, 2.75) is 31.2 Å². The Kier molecular flexibility index (Phi) is 8.21. The fraction of sp³-hybridized carbons (Fsp3) is 0.435. The largest absolute Gasteiger partial charge is 0.490 e. The van der Waals surface area contributed by atoms with Gasteiger partial charge < -0.3 is 19.5 Å². The van der Waals surface area contributed by atoms with Crippen molar-refractivity contribution in [1.29, 1.82) is 0 Å². The molecule has 11 heteroatoms. The minimum absolute atomic E-state index is 0.0590. The third-order valence-electron chi connectivity index (χ3n) is 5.72. The van der Waals surface area contributed by atoms with Crippen molar-refractivity contribution < 1.29 is 41.7 Å². The summed E-state index contributed by atoms with van der Waals surface area (Å²) >= 11 is 0. The van der Waals surface area contributed by atoms with Crippen LogP contribution in [0.3, 0.4) is 0 Å². The summed E-state index contributed by atoms with van der Waals surface area (Å²) in [4.78, 5) is 27.2. The summed E-state index contributed by atoms with van der Waals surface area (Å²) in [5.41, 5.74) is 1.17. The molecule has 7 nitrogen and oxygen atoms in total. The molecule has 1 unspecified atom stereocenters. The van der Waals surface area contributed by atoms with Gasteiger partial charge in [-0.15, -0.1) is 0 Å². The number of nitrogens with zero attached hydrogens (tertiary/aromatic N) is 2. The molecule has 1 atom stereocenters. The van der Waals surface area contributed by atoms with E-state index in [1.54, 1.807) is 35.5 Å². The zero-order chi connectivity index (χ0) is 24.8. The van der Waals surface area contributed by atoms with E-state index in [2.05, 4.69) is 4.98 Å². The average molecular weight is 484 g/mol. The van der Waals surface area contributed by atoms with Crippen LogP contribution in [0.2, 0.25) is 0 Å². The van der Waals surface area contributed by atoms with E-state index < -0.39 is 12.1 Å². The Morgan fingerprint density at radius 1 is 1.21 bits per heavy atom.